The van der Waals surface area contributed by atoms with Gasteiger partial charge in [0.2, 0.25) is 0 Å². The van der Waals surface area contributed by atoms with Gasteiger partial charge in [-0.1, -0.05) is 25.7 Å². The van der Waals surface area contributed by atoms with Crippen LogP contribution in [0.25, 0.3) is 0 Å². The van der Waals surface area contributed by atoms with Gasteiger partial charge in [0, 0.05) is 6.42 Å². The predicted molar refractivity (Wildman–Crippen MR) is 71.9 cm³/mol. The SMILES string of the molecule is CCOC(=O)N=C(CC1CCCCCC1)OCC. The van der Waals surface area contributed by atoms with Crippen molar-refractivity contribution in [1.82, 2.24) is 0 Å². The zero-order valence-electron chi connectivity index (χ0n) is 11.6. The van der Waals surface area contributed by atoms with Crippen LogP contribution in [0.3, 0.4) is 0 Å². The lowest BCUT2D eigenvalue weighted by molar-refractivity contribution is 0.162. The van der Waals surface area contributed by atoms with E-state index in [1.807, 2.05) is 6.92 Å². The van der Waals surface area contributed by atoms with E-state index in [1.54, 1.807) is 6.92 Å². The molecule has 0 saturated heterocycles. The van der Waals surface area contributed by atoms with Crippen molar-refractivity contribution in [2.75, 3.05) is 13.2 Å². The maximum absolute atomic E-state index is 11.3. The lowest BCUT2D eigenvalue weighted by atomic mass is 9.96. The molecule has 1 amide bonds. The van der Waals surface area contributed by atoms with Crippen molar-refractivity contribution in [3.8, 4) is 0 Å². The normalized spacial score (nSPS) is 18.2. The summed E-state index contributed by atoms with van der Waals surface area (Å²) < 4.78 is 10.3. The van der Waals surface area contributed by atoms with Gasteiger partial charge in [-0.15, -0.1) is 4.99 Å². The Kier molecular flexibility index (Phi) is 7.46. The first-order valence-electron chi connectivity index (χ1n) is 7.13. The summed E-state index contributed by atoms with van der Waals surface area (Å²) >= 11 is 0. The molecule has 104 valence electrons. The molecule has 1 aliphatic carbocycles. The zero-order valence-corrected chi connectivity index (χ0v) is 11.6. The summed E-state index contributed by atoms with van der Waals surface area (Å²) in [5.74, 6) is 1.15. The Morgan fingerprint density at radius 1 is 1.06 bits per heavy atom. The quantitative estimate of drug-likeness (QED) is 0.434. The maximum atomic E-state index is 11.3. The molecular weight excluding hydrogens is 230 g/mol. The third kappa shape index (κ3) is 6.03. The number of hydrogen-bond acceptors (Lipinski definition) is 3. The number of rotatable bonds is 4. The van der Waals surface area contributed by atoms with Gasteiger partial charge in [-0.05, 0) is 32.6 Å². The third-order valence-corrected chi connectivity index (χ3v) is 3.23. The lowest BCUT2D eigenvalue weighted by Crippen LogP contribution is -2.14. The van der Waals surface area contributed by atoms with Gasteiger partial charge in [0.25, 0.3) is 0 Å². The van der Waals surface area contributed by atoms with Gasteiger partial charge >= 0.3 is 6.09 Å². The molecule has 0 atom stereocenters. The fourth-order valence-corrected chi connectivity index (χ4v) is 2.38. The molecule has 0 aromatic carbocycles. The zero-order chi connectivity index (χ0) is 13.2. The highest BCUT2D eigenvalue weighted by molar-refractivity contribution is 5.88. The summed E-state index contributed by atoms with van der Waals surface area (Å²) in [5.41, 5.74) is 0. The smallest absolute Gasteiger partial charge is 0.436 e. The summed E-state index contributed by atoms with van der Waals surface area (Å²) in [5, 5.41) is 0. The number of carbonyl (C=O) groups is 1. The number of nitrogens with zero attached hydrogens (tertiary/aromatic N) is 1. The molecule has 0 aromatic heterocycles. The van der Waals surface area contributed by atoms with E-state index in [-0.39, 0.29) is 0 Å². The summed E-state index contributed by atoms with van der Waals surface area (Å²) in [6.07, 6.45) is 7.89. The van der Waals surface area contributed by atoms with E-state index in [0.717, 1.165) is 6.42 Å². The first kappa shape index (κ1) is 15.0. The van der Waals surface area contributed by atoms with Crippen LogP contribution < -0.4 is 0 Å². The van der Waals surface area contributed by atoms with Gasteiger partial charge in [-0.25, -0.2) is 4.79 Å². The van der Waals surface area contributed by atoms with E-state index >= 15 is 0 Å². The molecule has 0 unspecified atom stereocenters. The van der Waals surface area contributed by atoms with Gasteiger partial charge in [0.1, 0.15) is 0 Å². The highest BCUT2D eigenvalue weighted by atomic mass is 16.6. The third-order valence-electron chi connectivity index (χ3n) is 3.23. The highest BCUT2D eigenvalue weighted by Crippen LogP contribution is 2.26. The Balaban J connectivity index is 2.52. The van der Waals surface area contributed by atoms with Crippen LogP contribution in [0.15, 0.2) is 4.99 Å². The maximum Gasteiger partial charge on any atom is 0.436 e. The minimum absolute atomic E-state index is 0.352. The van der Waals surface area contributed by atoms with Crippen LogP contribution in [0.1, 0.15) is 58.8 Å². The van der Waals surface area contributed by atoms with Crippen molar-refractivity contribution in [1.29, 1.82) is 0 Å². The van der Waals surface area contributed by atoms with Crippen molar-refractivity contribution < 1.29 is 14.3 Å². The summed E-state index contributed by atoms with van der Waals surface area (Å²) in [6.45, 7) is 4.59. The van der Waals surface area contributed by atoms with Crippen LogP contribution in [0.5, 0.6) is 0 Å². The predicted octanol–water partition coefficient (Wildman–Crippen LogP) is 3.94. The molecule has 1 aliphatic rings. The van der Waals surface area contributed by atoms with Crippen molar-refractivity contribution in [3.05, 3.63) is 0 Å². The topological polar surface area (TPSA) is 47.9 Å². The van der Waals surface area contributed by atoms with Crippen LogP contribution in [-0.2, 0) is 9.47 Å². The summed E-state index contributed by atoms with van der Waals surface area (Å²) in [6, 6.07) is 0. The molecule has 0 radical (unpaired) electrons. The molecule has 0 aliphatic heterocycles. The average Bonchev–Trinajstić information content (AvgIpc) is 2.58. The number of hydrogen-bond donors (Lipinski definition) is 0. The minimum Gasteiger partial charge on any atom is -0.481 e. The molecule has 1 rings (SSSR count). The summed E-state index contributed by atoms with van der Waals surface area (Å²) in [7, 11) is 0. The van der Waals surface area contributed by atoms with Crippen molar-refractivity contribution in [2.24, 2.45) is 10.9 Å². The Morgan fingerprint density at radius 3 is 2.22 bits per heavy atom. The van der Waals surface area contributed by atoms with E-state index in [1.165, 1.54) is 38.5 Å². The van der Waals surface area contributed by atoms with Gasteiger partial charge < -0.3 is 9.47 Å². The highest BCUT2D eigenvalue weighted by Gasteiger charge is 2.16. The monoisotopic (exact) mass is 255 g/mol. The lowest BCUT2D eigenvalue weighted by Gasteiger charge is -2.15. The number of ether oxygens (including phenoxy) is 2. The van der Waals surface area contributed by atoms with Crippen LogP contribution in [0, 0.1) is 5.92 Å². The second-order valence-corrected chi connectivity index (χ2v) is 4.70. The van der Waals surface area contributed by atoms with Gasteiger partial charge in [-0.3, -0.25) is 0 Å². The van der Waals surface area contributed by atoms with Crippen LogP contribution in [-0.4, -0.2) is 25.2 Å². The van der Waals surface area contributed by atoms with E-state index in [9.17, 15) is 4.79 Å². The molecule has 0 heterocycles. The second kappa shape index (κ2) is 8.95. The van der Waals surface area contributed by atoms with E-state index in [4.69, 9.17) is 9.47 Å². The average molecular weight is 255 g/mol. The standard InChI is InChI=1S/C14H25NO3/c1-3-17-13(15-14(16)18-4-2)11-12-9-7-5-6-8-10-12/h12H,3-11H2,1-2H3. The Bertz CT molecular complexity index is 268. The molecule has 0 spiro atoms. The van der Waals surface area contributed by atoms with E-state index in [0.29, 0.717) is 25.0 Å². The molecule has 4 nitrogen and oxygen atoms in total. The van der Waals surface area contributed by atoms with Gasteiger partial charge in [0.05, 0.1) is 13.2 Å². The minimum atomic E-state index is -0.533. The first-order valence-corrected chi connectivity index (χ1v) is 7.13. The molecule has 1 saturated carbocycles. The van der Waals surface area contributed by atoms with Crippen molar-refractivity contribution in [3.63, 3.8) is 0 Å². The van der Waals surface area contributed by atoms with Gasteiger partial charge in [0.15, 0.2) is 5.90 Å². The molecule has 0 bridgehead atoms. The molecule has 4 heteroatoms. The number of amides is 1. The molecule has 0 aromatic rings. The molecular formula is C14H25NO3. The Hall–Kier alpha value is -1.06. The Labute approximate surface area is 110 Å². The van der Waals surface area contributed by atoms with Crippen molar-refractivity contribution >= 4 is 12.0 Å². The van der Waals surface area contributed by atoms with Gasteiger partial charge in [-0.2, -0.15) is 0 Å². The molecule has 0 N–H and O–H groups in total. The van der Waals surface area contributed by atoms with Crippen LogP contribution in [0.2, 0.25) is 0 Å². The largest absolute Gasteiger partial charge is 0.481 e. The van der Waals surface area contributed by atoms with E-state index < -0.39 is 6.09 Å². The second-order valence-electron chi connectivity index (χ2n) is 4.70. The first-order chi connectivity index (χ1) is 8.76. The Morgan fingerprint density at radius 2 is 1.67 bits per heavy atom. The molecule has 1 fully saturated rings. The van der Waals surface area contributed by atoms with Crippen LogP contribution >= 0.6 is 0 Å². The fourth-order valence-electron chi connectivity index (χ4n) is 2.38. The number of aliphatic imine (C=N–C) groups is 1. The fraction of sp³-hybridized carbons (Fsp3) is 0.857. The number of carbonyl (C=O) groups excluding carboxylic acids is 1. The van der Waals surface area contributed by atoms with E-state index in [2.05, 4.69) is 4.99 Å². The van der Waals surface area contributed by atoms with Crippen molar-refractivity contribution in [2.45, 2.75) is 58.8 Å². The molecule has 18 heavy (non-hydrogen) atoms. The summed E-state index contributed by atoms with van der Waals surface area (Å²) in [4.78, 5) is 15.3. The van der Waals surface area contributed by atoms with Crippen LogP contribution in [0.4, 0.5) is 4.79 Å².